The predicted octanol–water partition coefficient (Wildman–Crippen LogP) is 4.63. The average molecular weight is 520 g/mol. The summed E-state index contributed by atoms with van der Waals surface area (Å²) >= 11 is 0. The van der Waals surface area contributed by atoms with Crippen molar-refractivity contribution < 1.29 is 9.59 Å². The van der Waals surface area contributed by atoms with Crippen LogP contribution >= 0.6 is 0 Å². The standard InChI is InChI=1S/C31H41N3O4/c1-20(35)12-13-27(36)19-32-29-11-3-2-10-28(29)30(37)34(31(32)38)26-17-23-8-5-9-24(18-26)33(23)25-15-21-6-4-7-22(14-21)16-25/h2-3,10-11,21-26H,4-9,12-19H2,1H3/t21-,22+,23-,24+,25?,26?. The molecule has 0 radical (unpaired) electrons. The van der Waals surface area contributed by atoms with Crippen molar-refractivity contribution in [3.8, 4) is 0 Å². The lowest BCUT2D eigenvalue weighted by atomic mass is 9.68. The molecule has 204 valence electrons. The summed E-state index contributed by atoms with van der Waals surface area (Å²) in [6.45, 7) is 1.36. The molecule has 2 aromatic rings. The average Bonchev–Trinajstić information content (AvgIpc) is 2.89. The summed E-state index contributed by atoms with van der Waals surface area (Å²) in [7, 11) is 0. The quantitative estimate of drug-likeness (QED) is 0.533. The number of rotatable bonds is 7. The molecule has 6 rings (SSSR count). The minimum absolute atomic E-state index is 0.0413. The number of fused-ring (bicyclic) bond motifs is 5. The molecule has 0 N–H and O–H groups in total. The maximum atomic E-state index is 13.9. The fourth-order valence-electron chi connectivity index (χ4n) is 8.52. The molecule has 6 atom stereocenters. The van der Waals surface area contributed by atoms with Gasteiger partial charge in [0.05, 0.1) is 17.4 Å². The van der Waals surface area contributed by atoms with Gasteiger partial charge in [-0.15, -0.1) is 0 Å². The fourth-order valence-corrected chi connectivity index (χ4v) is 8.52. The van der Waals surface area contributed by atoms with Gasteiger partial charge in [-0.3, -0.25) is 23.6 Å². The molecular formula is C31H41N3O4. The molecule has 2 aliphatic carbocycles. The number of para-hydroxylation sites is 1. The topological polar surface area (TPSA) is 81.4 Å². The summed E-state index contributed by atoms with van der Waals surface area (Å²) in [5.74, 6) is 1.55. The lowest BCUT2D eigenvalue weighted by Gasteiger charge is -2.55. The SMILES string of the molecule is CC(=O)CCC(=O)Cn1c(=O)n(C2C[C@H]3CCC[C@@H](C2)N3C2C[C@H]3CCC[C@@H](C2)C3)c(=O)c2ccccc21. The normalized spacial score (nSPS) is 31.3. The van der Waals surface area contributed by atoms with Gasteiger partial charge in [0, 0.05) is 37.0 Å². The zero-order valence-electron chi connectivity index (χ0n) is 22.6. The second-order valence-corrected chi connectivity index (χ2v) is 12.6. The van der Waals surface area contributed by atoms with Gasteiger partial charge in [0.25, 0.3) is 5.56 Å². The van der Waals surface area contributed by atoms with Crippen molar-refractivity contribution in [3.05, 3.63) is 45.1 Å². The van der Waals surface area contributed by atoms with Gasteiger partial charge < -0.3 is 4.79 Å². The van der Waals surface area contributed by atoms with E-state index >= 15 is 0 Å². The molecule has 2 aliphatic heterocycles. The minimum Gasteiger partial charge on any atom is -0.300 e. The van der Waals surface area contributed by atoms with Gasteiger partial charge in [-0.25, -0.2) is 4.79 Å². The first-order chi connectivity index (χ1) is 18.4. The zero-order chi connectivity index (χ0) is 26.4. The Bertz CT molecular complexity index is 1320. The van der Waals surface area contributed by atoms with Gasteiger partial charge in [0.1, 0.15) is 5.78 Å². The summed E-state index contributed by atoms with van der Waals surface area (Å²) in [5, 5.41) is 0.485. The van der Waals surface area contributed by atoms with Crippen LogP contribution in [0.15, 0.2) is 33.9 Å². The molecule has 7 heteroatoms. The molecule has 1 aromatic carbocycles. The molecule has 2 unspecified atom stereocenters. The van der Waals surface area contributed by atoms with Crippen molar-refractivity contribution in [2.45, 2.75) is 121 Å². The third kappa shape index (κ3) is 4.83. The first-order valence-electron chi connectivity index (χ1n) is 14.9. The Morgan fingerprint density at radius 3 is 2.13 bits per heavy atom. The molecule has 4 bridgehead atoms. The van der Waals surface area contributed by atoms with Gasteiger partial charge in [-0.1, -0.05) is 37.8 Å². The fraction of sp³-hybridized carbons (Fsp3) is 0.677. The van der Waals surface area contributed by atoms with Gasteiger partial charge >= 0.3 is 5.69 Å². The van der Waals surface area contributed by atoms with Crippen LogP contribution in [0.4, 0.5) is 0 Å². The van der Waals surface area contributed by atoms with Crippen LogP contribution in [0.1, 0.15) is 96.4 Å². The van der Waals surface area contributed by atoms with E-state index in [1.807, 2.05) is 6.07 Å². The van der Waals surface area contributed by atoms with Crippen molar-refractivity contribution in [1.29, 1.82) is 0 Å². The minimum atomic E-state index is -0.381. The summed E-state index contributed by atoms with van der Waals surface area (Å²) in [5.41, 5.74) is -0.114. The molecule has 0 spiro atoms. The number of aromatic nitrogens is 2. The van der Waals surface area contributed by atoms with Crippen molar-refractivity contribution in [1.82, 2.24) is 14.0 Å². The molecular weight excluding hydrogens is 478 g/mol. The van der Waals surface area contributed by atoms with E-state index in [9.17, 15) is 19.2 Å². The Kier molecular flexibility index (Phi) is 7.14. The van der Waals surface area contributed by atoms with E-state index in [0.717, 1.165) is 37.5 Å². The highest BCUT2D eigenvalue weighted by molar-refractivity contribution is 5.86. The highest BCUT2D eigenvalue weighted by Gasteiger charge is 2.45. The number of carbonyl (C=O) groups excluding carboxylic acids is 2. The molecule has 3 heterocycles. The third-order valence-corrected chi connectivity index (χ3v) is 10.1. The van der Waals surface area contributed by atoms with Crippen LogP contribution in [0.2, 0.25) is 0 Å². The summed E-state index contributed by atoms with van der Waals surface area (Å²) < 4.78 is 2.96. The van der Waals surface area contributed by atoms with Crippen LogP contribution in [-0.4, -0.2) is 43.7 Å². The third-order valence-electron chi connectivity index (χ3n) is 10.1. The van der Waals surface area contributed by atoms with E-state index in [2.05, 4.69) is 4.90 Å². The highest BCUT2D eigenvalue weighted by atomic mass is 16.2. The highest BCUT2D eigenvalue weighted by Crippen LogP contribution is 2.47. The van der Waals surface area contributed by atoms with Gasteiger partial charge in [-0.2, -0.15) is 0 Å². The van der Waals surface area contributed by atoms with Gasteiger partial charge in [0.15, 0.2) is 5.78 Å². The van der Waals surface area contributed by atoms with E-state index < -0.39 is 0 Å². The van der Waals surface area contributed by atoms with Crippen molar-refractivity contribution >= 4 is 22.5 Å². The Morgan fingerprint density at radius 1 is 0.789 bits per heavy atom. The maximum Gasteiger partial charge on any atom is 0.332 e. The Balaban J connectivity index is 1.32. The molecule has 4 fully saturated rings. The van der Waals surface area contributed by atoms with Crippen molar-refractivity contribution in [3.63, 3.8) is 0 Å². The predicted molar refractivity (Wildman–Crippen MR) is 147 cm³/mol. The number of ketones is 2. The molecule has 2 saturated carbocycles. The van der Waals surface area contributed by atoms with E-state index in [4.69, 9.17) is 0 Å². The molecule has 2 saturated heterocycles. The molecule has 0 amide bonds. The van der Waals surface area contributed by atoms with Gasteiger partial charge in [-0.05, 0) is 75.8 Å². The molecule has 7 nitrogen and oxygen atoms in total. The van der Waals surface area contributed by atoms with E-state index in [1.165, 1.54) is 61.0 Å². The van der Waals surface area contributed by atoms with Crippen LogP contribution < -0.4 is 11.2 Å². The van der Waals surface area contributed by atoms with E-state index in [-0.39, 0.29) is 48.2 Å². The largest absolute Gasteiger partial charge is 0.332 e. The van der Waals surface area contributed by atoms with Crippen molar-refractivity contribution in [2.24, 2.45) is 11.8 Å². The number of hydrogen-bond acceptors (Lipinski definition) is 5. The smallest absolute Gasteiger partial charge is 0.300 e. The molecule has 4 aliphatic rings. The second-order valence-electron chi connectivity index (χ2n) is 12.6. The number of nitrogens with zero attached hydrogens (tertiary/aromatic N) is 3. The Labute approximate surface area is 224 Å². The van der Waals surface area contributed by atoms with Crippen LogP contribution in [0.25, 0.3) is 10.9 Å². The van der Waals surface area contributed by atoms with Crippen LogP contribution in [-0.2, 0) is 16.1 Å². The Hall–Kier alpha value is -2.54. The monoisotopic (exact) mass is 519 g/mol. The second kappa shape index (κ2) is 10.6. The van der Waals surface area contributed by atoms with Crippen molar-refractivity contribution in [2.75, 3.05) is 0 Å². The first-order valence-corrected chi connectivity index (χ1v) is 14.9. The van der Waals surface area contributed by atoms with Gasteiger partial charge in [0.2, 0.25) is 0 Å². The summed E-state index contributed by atoms with van der Waals surface area (Å²) in [4.78, 5) is 54.6. The number of benzene rings is 1. The molecule has 38 heavy (non-hydrogen) atoms. The zero-order valence-corrected chi connectivity index (χ0v) is 22.6. The lowest BCUT2D eigenvalue weighted by molar-refractivity contribution is -0.123. The first kappa shape index (κ1) is 25.7. The molecule has 1 aromatic heterocycles. The van der Waals surface area contributed by atoms with E-state index in [1.54, 1.807) is 18.2 Å². The summed E-state index contributed by atoms with van der Waals surface area (Å²) in [6.07, 6.45) is 13.7. The number of carbonyl (C=O) groups is 2. The lowest BCUT2D eigenvalue weighted by Crippen LogP contribution is -2.59. The summed E-state index contributed by atoms with van der Waals surface area (Å²) in [6, 6.07) is 8.47. The van der Waals surface area contributed by atoms with Crippen LogP contribution in [0.3, 0.4) is 0 Å². The van der Waals surface area contributed by atoms with E-state index in [0.29, 0.717) is 29.0 Å². The number of hydrogen-bond donors (Lipinski definition) is 0. The number of Topliss-reactive ketones (excluding diaryl/α,β-unsaturated/α-hetero) is 2. The van der Waals surface area contributed by atoms with Crippen LogP contribution in [0.5, 0.6) is 0 Å². The number of piperidine rings is 2. The Morgan fingerprint density at radius 2 is 1.45 bits per heavy atom. The van der Waals surface area contributed by atoms with Crippen LogP contribution in [0, 0.1) is 11.8 Å². The maximum absolute atomic E-state index is 13.9.